The van der Waals surface area contributed by atoms with Crippen LogP contribution in [0, 0.1) is 0 Å². The van der Waals surface area contributed by atoms with Crippen molar-refractivity contribution in [3.8, 4) is 0 Å². The molecule has 0 aromatic rings. The highest BCUT2D eigenvalue weighted by Crippen LogP contribution is 2.15. The van der Waals surface area contributed by atoms with Crippen LogP contribution in [0.25, 0.3) is 0 Å². The van der Waals surface area contributed by atoms with Gasteiger partial charge in [0, 0.05) is 62.7 Å². The maximum atomic E-state index is 11.9. The number of thioether (sulfide) groups is 7. The molecule has 16 heteroatoms. The standard InChI is InChI=1S/C20H39N3O4S9/c1-28-6-2-21-16-36(27)15-13-33-19-32-10-11-34-20(25)23-4-8-31-18-30-7-3-22-17-35(26)14-12-29-9-5-24/h16-17,24H,2-15,18-19H2,1H3,(H,23,25)/b21-16+,22-17+. The Morgan fingerprint density at radius 1 is 0.806 bits per heavy atom. The Kier molecular flexibility index (Phi) is 33.0. The molecule has 1 amide bonds. The first-order valence-corrected chi connectivity index (χ1v) is 22.1. The monoisotopic (exact) mass is 673 g/mol. The first kappa shape index (κ1) is 37.8. The van der Waals surface area contributed by atoms with Crippen molar-refractivity contribution in [3.05, 3.63) is 0 Å². The molecule has 0 aromatic heterocycles. The van der Waals surface area contributed by atoms with E-state index in [0.29, 0.717) is 30.3 Å². The predicted octanol–water partition coefficient (Wildman–Crippen LogP) is 3.92. The third-order valence-electron chi connectivity index (χ3n) is 3.58. The molecule has 0 spiro atoms. The average molecular weight is 674 g/mol. The fourth-order valence-electron chi connectivity index (χ4n) is 1.91. The fourth-order valence-corrected chi connectivity index (χ4v) is 10.0. The molecule has 2 unspecified atom stereocenters. The number of amides is 1. The van der Waals surface area contributed by atoms with Gasteiger partial charge < -0.3 is 19.5 Å². The number of carbonyl (C=O) groups excluding carboxylic acids is 1. The molecule has 0 aliphatic carbocycles. The summed E-state index contributed by atoms with van der Waals surface area (Å²) in [5.41, 5.74) is 3.11. The van der Waals surface area contributed by atoms with Crippen LogP contribution in [0.1, 0.15) is 0 Å². The Balaban J connectivity index is 3.36. The van der Waals surface area contributed by atoms with Gasteiger partial charge in [-0.3, -0.25) is 4.79 Å². The molecule has 0 saturated carbocycles. The molecule has 0 aromatic carbocycles. The molecule has 0 aliphatic rings. The van der Waals surface area contributed by atoms with Crippen LogP contribution in [0.15, 0.2) is 9.98 Å². The summed E-state index contributed by atoms with van der Waals surface area (Å²) in [6, 6.07) is 0. The summed E-state index contributed by atoms with van der Waals surface area (Å²) in [4.78, 5) is 20.2. The van der Waals surface area contributed by atoms with E-state index in [4.69, 9.17) is 5.11 Å². The van der Waals surface area contributed by atoms with Crippen LogP contribution in [-0.2, 0) is 22.4 Å². The van der Waals surface area contributed by atoms with Crippen molar-refractivity contribution < 1.29 is 19.0 Å². The molecule has 0 rings (SSSR count). The lowest BCUT2D eigenvalue weighted by atomic mass is 10.8. The lowest BCUT2D eigenvalue weighted by molar-refractivity contribution is 0.261. The number of aliphatic hydroxyl groups is 1. The van der Waals surface area contributed by atoms with Gasteiger partial charge >= 0.3 is 0 Å². The van der Waals surface area contributed by atoms with Gasteiger partial charge in [0.25, 0.3) is 5.24 Å². The minimum atomic E-state index is -1.02. The second-order valence-electron chi connectivity index (χ2n) is 6.45. The van der Waals surface area contributed by atoms with Crippen molar-refractivity contribution in [1.82, 2.24) is 5.32 Å². The van der Waals surface area contributed by atoms with E-state index in [0.717, 1.165) is 57.0 Å². The van der Waals surface area contributed by atoms with Crippen LogP contribution in [-0.4, -0.2) is 131 Å². The van der Waals surface area contributed by atoms with Crippen molar-refractivity contribution in [2.45, 2.75) is 0 Å². The smallest absolute Gasteiger partial charge is 0.279 e. The summed E-state index contributed by atoms with van der Waals surface area (Å²) in [5.74, 6) is 8.00. The fraction of sp³-hybridized carbons (Fsp3) is 0.850. The molecule has 0 saturated heterocycles. The molecule has 0 radical (unpaired) electrons. The summed E-state index contributed by atoms with van der Waals surface area (Å²) in [6.45, 7) is 2.23. The van der Waals surface area contributed by atoms with Crippen LogP contribution < -0.4 is 5.32 Å². The third kappa shape index (κ3) is 30.4. The Bertz CT molecular complexity index is 555. The van der Waals surface area contributed by atoms with Crippen molar-refractivity contribution in [1.29, 1.82) is 0 Å². The van der Waals surface area contributed by atoms with Crippen molar-refractivity contribution in [2.75, 3.05) is 100 Å². The summed E-state index contributed by atoms with van der Waals surface area (Å²) >= 11 is 9.85. The maximum absolute atomic E-state index is 11.9. The first-order chi connectivity index (χ1) is 17.6. The van der Waals surface area contributed by atoms with Crippen LogP contribution in [0.5, 0.6) is 0 Å². The molecular formula is C20H39N3O4S9. The molecule has 212 valence electrons. The van der Waals surface area contributed by atoms with E-state index in [-0.39, 0.29) is 11.8 Å². The molecule has 2 atom stereocenters. The summed E-state index contributed by atoms with van der Waals surface area (Å²) in [5, 5.41) is 13.6. The zero-order valence-corrected chi connectivity index (χ0v) is 28.1. The molecule has 7 nitrogen and oxygen atoms in total. The number of nitrogens with zero attached hydrogens (tertiary/aromatic N) is 2. The van der Waals surface area contributed by atoms with Gasteiger partial charge in [0.1, 0.15) is 11.5 Å². The van der Waals surface area contributed by atoms with Gasteiger partial charge in [0.05, 0.1) is 19.7 Å². The van der Waals surface area contributed by atoms with E-state index in [1.165, 1.54) is 17.3 Å². The number of aliphatic imine (C=N–C) groups is 2. The molecular weight excluding hydrogens is 635 g/mol. The van der Waals surface area contributed by atoms with Gasteiger partial charge in [-0.05, 0) is 28.6 Å². The SMILES string of the molecule is CSCC/N=C/[S+]([O-])CCSCSCCSC(=O)NCCSCSCC/N=C/[S+]([O-])CCSCCO. The highest BCUT2D eigenvalue weighted by molar-refractivity contribution is 8.18. The number of aliphatic hydroxyl groups excluding tert-OH is 1. The Morgan fingerprint density at radius 3 is 2.06 bits per heavy atom. The van der Waals surface area contributed by atoms with Crippen molar-refractivity contribution >= 4 is 121 Å². The molecule has 2 N–H and O–H groups in total. The largest absolute Gasteiger partial charge is 0.611 e. The van der Waals surface area contributed by atoms with Crippen molar-refractivity contribution in [3.63, 3.8) is 0 Å². The van der Waals surface area contributed by atoms with Gasteiger partial charge in [-0.15, -0.1) is 35.3 Å². The second-order valence-corrected chi connectivity index (χ2v) is 17.6. The zero-order valence-electron chi connectivity index (χ0n) is 20.7. The Hall–Kier alpha value is 1.84. The number of carbonyl (C=O) groups is 1. The van der Waals surface area contributed by atoms with Crippen LogP contribution >= 0.6 is 82.3 Å². The van der Waals surface area contributed by atoms with E-state index in [1.54, 1.807) is 76.1 Å². The minimum absolute atomic E-state index is 0.0322. The van der Waals surface area contributed by atoms with Crippen molar-refractivity contribution in [2.24, 2.45) is 9.98 Å². The minimum Gasteiger partial charge on any atom is -0.611 e. The first-order valence-electron chi connectivity index (χ1n) is 11.2. The van der Waals surface area contributed by atoms with Gasteiger partial charge in [-0.2, -0.15) is 35.3 Å². The van der Waals surface area contributed by atoms with E-state index in [2.05, 4.69) is 15.3 Å². The zero-order chi connectivity index (χ0) is 26.5. The molecule has 0 bridgehead atoms. The van der Waals surface area contributed by atoms with Gasteiger partial charge in [-0.1, -0.05) is 11.8 Å². The topological polar surface area (TPSA) is 120 Å². The highest BCUT2D eigenvalue weighted by atomic mass is 32.2. The molecule has 0 aliphatic heterocycles. The van der Waals surface area contributed by atoms with E-state index in [9.17, 15) is 13.9 Å². The Labute approximate surface area is 253 Å². The summed E-state index contributed by atoms with van der Waals surface area (Å²) in [6.07, 6.45) is 2.03. The second kappa shape index (κ2) is 31.4. The number of hydrogen-bond donors (Lipinski definition) is 2. The quantitative estimate of drug-likeness (QED) is 0.0457. The number of nitrogens with one attached hydrogen (secondary N) is 1. The van der Waals surface area contributed by atoms with Crippen LogP contribution in [0.4, 0.5) is 4.79 Å². The number of rotatable bonds is 26. The lowest BCUT2D eigenvalue weighted by Gasteiger charge is -2.06. The maximum Gasteiger partial charge on any atom is 0.279 e. The predicted molar refractivity (Wildman–Crippen MR) is 181 cm³/mol. The normalized spacial score (nSPS) is 13.6. The molecule has 0 fully saturated rings. The van der Waals surface area contributed by atoms with E-state index < -0.39 is 22.4 Å². The van der Waals surface area contributed by atoms with Crippen LogP contribution in [0.2, 0.25) is 0 Å². The Morgan fingerprint density at radius 2 is 1.39 bits per heavy atom. The van der Waals surface area contributed by atoms with Crippen LogP contribution in [0.3, 0.4) is 0 Å². The summed E-state index contributed by atoms with van der Waals surface area (Å²) in [7, 11) is 0. The lowest BCUT2D eigenvalue weighted by Crippen LogP contribution is -2.22. The molecule has 36 heavy (non-hydrogen) atoms. The van der Waals surface area contributed by atoms with E-state index in [1.807, 2.05) is 6.26 Å². The number of hydrogen-bond acceptors (Lipinski definition) is 13. The van der Waals surface area contributed by atoms with Gasteiger partial charge in [0.2, 0.25) is 11.1 Å². The highest BCUT2D eigenvalue weighted by Gasteiger charge is 2.04. The van der Waals surface area contributed by atoms with E-state index >= 15 is 0 Å². The third-order valence-corrected chi connectivity index (χ3v) is 13.3. The van der Waals surface area contributed by atoms with Gasteiger partial charge in [-0.25, -0.2) is 9.98 Å². The molecule has 0 heterocycles. The summed E-state index contributed by atoms with van der Waals surface area (Å²) < 4.78 is 23.4. The average Bonchev–Trinajstić information content (AvgIpc) is 2.87. The van der Waals surface area contributed by atoms with Gasteiger partial charge in [0.15, 0.2) is 0 Å².